The van der Waals surface area contributed by atoms with Gasteiger partial charge in [-0.3, -0.25) is 4.55 Å². The van der Waals surface area contributed by atoms with Crippen LogP contribution in [-0.2, 0) is 26.9 Å². The Labute approximate surface area is 167 Å². The average molecular weight is 408 g/mol. The van der Waals surface area contributed by atoms with Crippen LogP contribution in [0.25, 0.3) is 0 Å². The summed E-state index contributed by atoms with van der Waals surface area (Å²) in [7, 11) is -4.16. The number of para-hydroxylation sites is 2. The summed E-state index contributed by atoms with van der Waals surface area (Å²) in [6, 6.07) is 20.0. The van der Waals surface area contributed by atoms with Crippen molar-refractivity contribution < 1.29 is 27.2 Å². The number of rotatable bonds is 3. The Morgan fingerprint density at radius 3 is 2.03 bits per heavy atom. The highest BCUT2D eigenvalue weighted by atomic mass is 32.2. The summed E-state index contributed by atoms with van der Waals surface area (Å²) in [5.74, 6) is 0.183. The van der Waals surface area contributed by atoms with Crippen molar-refractivity contribution in [1.29, 1.82) is 0 Å². The van der Waals surface area contributed by atoms with Crippen molar-refractivity contribution in [2.75, 3.05) is 5.75 Å². The van der Waals surface area contributed by atoms with Crippen LogP contribution in [0, 0.1) is 0 Å². The SMILES string of the molecule is O=C1OC2(c3ccccc3Oc3ccccc32)c2cccc(CCS(=O)(=O)O)c21. The Balaban J connectivity index is 1.77. The molecule has 0 aliphatic carbocycles. The maximum atomic E-state index is 13.0. The summed E-state index contributed by atoms with van der Waals surface area (Å²) in [6.07, 6.45) is 0.00692. The van der Waals surface area contributed by atoms with Crippen molar-refractivity contribution in [1.82, 2.24) is 0 Å². The van der Waals surface area contributed by atoms with Crippen molar-refractivity contribution in [2.24, 2.45) is 0 Å². The van der Waals surface area contributed by atoms with Crippen LogP contribution in [0.5, 0.6) is 11.5 Å². The Morgan fingerprint density at radius 2 is 1.41 bits per heavy atom. The predicted molar refractivity (Wildman–Crippen MR) is 105 cm³/mol. The van der Waals surface area contributed by atoms with E-state index in [1.165, 1.54) is 0 Å². The minimum atomic E-state index is -4.16. The number of hydrogen-bond donors (Lipinski definition) is 1. The first kappa shape index (κ1) is 17.9. The first-order valence-corrected chi connectivity index (χ1v) is 10.7. The van der Waals surface area contributed by atoms with E-state index in [9.17, 15) is 13.2 Å². The molecular formula is C22H16O6S. The zero-order valence-corrected chi connectivity index (χ0v) is 16.0. The highest BCUT2D eigenvalue weighted by Crippen LogP contribution is 2.56. The number of fused-ring (bicyclic) bond motifs is 6. The van der Waals surface area contributed by atoms with Crippen LogP contribution in [0.2, 0.25) is 0 Å². The van der Waals surface area contributed by atoms with Gasteiger partial charge in [0, 0.05) is 16.7 Å². The lowest BCUT2D eigenvalue weighted by molar-refractivity contribution is 0.0224. The van der Waals surface area contributed by atoms with Gasteiger partial charge >= 0.3 is 5.97 Å². The molecule has 2 heterocycles. The van der Waals surface area contributed by atoms with Gasteiger partial charge in [0.15, 0.2) is 5.60 Å². The molecule has 0 fully saturated rings. The van der Waals surface area contributed by atoms with Crippen LogP contribution in [0.4, 0.5) is 0 Å². The maximum absolute atomic E-state index is 13.0. The quantitative estimate of drug-likeness (QED) is 0.525. The molecule has 0 amide bonds. The second-order valence-corrected chi connectivity index (χ2v) is 8.61. The zero-order chi connectivity index (χ0) is 20.2. The van der Waals surface area contributed by atoms with Crippen molar-refractivity contribution in [3.05, 3.63) is 94.5 Å². The van der Waals surface area contributed by atoms with E-state index < -0.39 is 27.4 Å². The normalized spacial score (nSPS) is 15.8. The molecule has 29 heavy (non-hydrogen) atoms. The fourth-order valence-electron chi connectivity index (χ4n) is 4.18. The van der Waals surface area contributed by atoms with Gasteiger partial charge in [-0.1, -0.05) is 54.6 Å². The summed E-state index contributed by atoms with van der Waals surface area (Å²) in [5, 5.41) is 0. The average Bonchev–Trinajstić information content (AvgIpc) is 3.00. The molecule has 0 radical (unpaired) electrons. The first-order chi connectivity index (χ1) is 13.9. The number of carbonyl (C=O) groups excluding carboxylic acids is 1. The van der Waals surface area contributed by atoms with E-state index in [4.69, 9.17) is 14.0 Å². The highest BCUT2D eigenvalue weighted by Gasteiger charge is 2.53. The molecule has 0 saturated heterocycles. The van der Waals surface area contributed by atoms with E-state index in [1.54, 1.807) is 12.1 Å². The van der Waals surface area contributed by atoms with Crippen molar-refractivity contribution in [2.45, 2.75) is 12.0 Å². The van der Waals surface area contributed by atoms with Gasteiger partial charge in [-0.05, 0) is 24.1 Å². The largest absolute Gasteiger partial charge is 0.456 e. The number of esters is 1. The molecule has 3 aromatic rings. The molecule has 0 atom stereocenters. The second kappa shape index (κ2) is 6.17. The second-order valence-electron chi connectivity index (χ2n) is 7.04. The first-order valence-electron chi connectivity index (χ1n) is 9.08. The lowest BCUT2D eigenvalue weighted by Crippen LogP contribution is -2.32. The van der Waals surface area contributed by atoms with Crippen LogP contribution >= 0.6 is 0 Å². The van der Waals surface area contributed by atoms with Crippen LogP contribution in [-0.4, -0.2) is 24.7 Å². The fourth-order valence-corrected chi connectivity index (χ4v) is 4.66. The Hall–Kier alpha value is -3.16. The van der Waals surface area contributed by atoms with E-state index >= 15 is 0 Å². The monoisotopic (exact) mass is 408 g/mol. The maximum Gasteiger partial charge on any atom is 0.340 e. The lowest BCUT2D eigenvalue weighted by atomic mass is 9.77. The molecule has 0 bridgehead atoms. The molecular weight excluding hydrogens is 392 g/mol. The molecule has 6 nitrogen and oxygen atoms in total. The standard InChI is InChI=1S/C22H16O6S/c23-21-20-14(12-13-29(24,25)26)6-5-9-17(20)22(28-21)15-7-1-3-10-18(15)27-19-11-4-2-8-16(19)22/h1-11H,12-13H2,(H,24,25,26). The number of benzene rings is 3. The molecule has 3 aromatic carbocycles. The van der Waals surface area contributed by atoms with Crippen molar-refractivity contribution >= 4 is 16.1 Å². The van der Waals surface area contributed by atoms with Crippen molar-refractivity contribution in [3.63, 3.8) is 0 Å². The van der Waals surface area contributed by atoms with E-state index in [-0.39, 0.29) is 6.42 Å². The van der Waals surface area contributed by atoms with Gasteiger partial charge in [-0.25, -0.2) is 4.79 Å². The topological polar surface area (TPSA) is 89.9 Å². The van der Waals surface area contributed by atoms with Gasteiger partial charge in [0.25, 0.3) is 10.1 Å². The molecule has 1 spiro atoms. The number of hydrogen-bond acceptors (Lipinski definition) is 5. The van der Waals surface area contributed by atoms with E-state index in [1.807, 2.05) is 54.6 Å². The number of carbonyl (C=O) groups is 1. The highest BCUT2D eigenvalue weighted by molar-refractivity contribution is 7.85. The summed E-state index contributed by atoms with van der Waals surface area (Å²) < 4.78 is 43.7. The summed E-state index contributed by atoms with van der Waals surface area (Å²) in [4.78, 5) is 13.0. The van der Waals surface area contributed by atoms with Gasteiger partial charge in [0.2, 0.25) is 0 Å². The third-order valence-electron chi connectivity index (χ3n) is 5.36. The number of ether oxygens (including phenoxy) is 2. The molecule has 7 heteroatoms. The number of aryl methyl sites for hydroxylation is 1. The third-order valence-corrected chi connectivity index (χ3v) is 6.08. The summed E-state index contributed by atoms with van der Waals surface area (Å²) >= 11 is 0. The van der Waals surface area contributed by atoms with Crippen LogP contribution in [0.15, 0.2) is 66.7 Å². The smallest absolute Gasteiger partial charge is 0.340 e. The van der Waals surface area contributed by atoms with E-state index in [2.05, 4.69) is 0 Å². The van der Waals surface area contributed by atoms with Crippen LogP contribution in [0.1, 0.15) is 32.6 Å². The fraction of sp³-hybridized carbons (Fsp3) is 0.136. The van der Waals surface area contributed by atoms with Gasteiger partial charge < -0.3 is 9.47 Å². The molecule has 1 N–H and O–H groups in total. The third kappa shape index (κ3) is 2.66. The minimum Gasteiger partial charge on any atom is -0.456 e. The molecule has 146 valence electrons. The Kier molecular flexibility index (Phi) is 3.81. The Bertz CT molecular complexity index is 1220. The molecule has 0 aromatic heterocycles. The molecule has 5 rings (SSSR count). The summed E-state index contributed by atoms with van der Waals surface area (Å²) in [6.45, 7) is 0. The van der Waals surface area contributed by atoms with Crippen LogP contribution in [0.3, 0.4) is 0 Å². The molecule has 0 unspecified atom stereocenters. The van der Waals surface area contributed by atoms with Gasteiger partial charge in [0.1, 0.15) is 11.5 Å². The van der Waals surface area contributed by atoms with E-state index in [0.717, 1.165) is 0 Å². The Morgan fingerprint density at radius 1 is 0.828 bits per heavy atom. The predicted octanol–water partition coefficient (Wildman–Crippen LogP) is 3.68. The zero-order valence-electron chi connectivity index (χ0n) is 15.2. The van der Waals surface area contributed by atoms with Crippen LogP contribution < -0.4 is 4.74 Å². The molecule has 2 aliphatic heterocycles. The molecule has 0 saturated carbocycles. The summed E-state index contributed by atoms with van der Waals surface area (Å²) in [5.41, 5.74) is 1.73. The van der Waals surface area contributed by atoms with Gasteiger partial charge in [-0.2, -0.15) is 8.42 Å². The van der Waals surface area contributed by atoms with Gasteiger partial charge in [-0.15, -0.1) is 0 Å². The molecule has 2 aliphatic rings. The minimum absolute atomic E-state index is 0.00692. The van der Waals surface area contributed by atoms with Gasteiger partial charge in [0.05, 0.1) is 11.3 Å². The van der Waals surface area contributed by atoms with E-state index in [0.29, 0.717) is 39.3 Å². The van der Waals surface area contributed by atoms with Crippen molar-refractivity contribution in [3.8, 4) is 11.5 Å². The lowest BCUT2D eigenvalue weighted by Gasteiger charge is -2.36.